The summed E-state index contributed by atoms with van der Waals surface area (Å²) in [5.41, 5.74) is 2.28. The fraction of sp³-hybridized carbons (Fsp3) is 0.348. The molecular formula is C23H24O8. The van der Waals surface area contributed by atoms with Crippen LogP contribution in [0.1, 0.15) is 11.1 Å². The van der Waals surface area contributed by atoms with Crippen LogP contribution in [0.3, 0.4) is 0 Å². The van der Waals surface area contributed by atoms with Gasteiger partial charge < -0.3 is 33.2 Å². The van der Waals surface area contributed by atoms with Crippen LogP contribution in [0.25, 0.3) is 6.08 Å². The van der Waals surface area contributed by atoms with E-state index in [2.05, 4.69) is 0 Å². The summed E-state index contributed by atoms with van der Waals surface area (Å²) in [6.07, 6.45) is 2.37. The Morgan fingerprint density at radius 2 is 1.61 bits per heavy atom. The van der Waals surface area contributed by atoms with E-state index in [1.54, 1.807) is 28.4 Å². The van der Waals surface area contributed by atoms with E-state index in [9.17, 15) is 4.79 Å². The van der Waals surface area contributed by atoms with Gasteiger partial charge in [0.1, 0.15) is 0 Å². The number of benzene rings is 2. The first-order chi connectivity index (χ1) is 15.1. The molecule has 2 aromatic carbocycles. The molecule has 1 saturated heterocycles. The number of fused-ring (bicyclic) bond motifs is 1. The summed E-state index contributed by atoms with van der Waals surface area (Å²) in [5, 5.41) is 0. The Kier molecular flexibility index (Phi) is 5.79. The van der Waals surface area contributed by atoms with E-state index >= 15 is 0 Å². The van der Waals surface area contributed by atoms with Crippen LogP contribution in [0.5, 0.6) is 34.5 Å². The Balaban J connectivity index is 1.65. The van der Waals surface area contributed by atoms with Gasteiger partial charge in [0.2, 0.25) is 18.3 Å². The lowest BCUT2D eigenvalue weighted by molar-refractivity contribution is -0.135. The third kappa shape index (κ3) is 3.93. The summed E-state index contributed by atoms with van der Waals surface area (Å²) in [5.74, 6) is 2.87. The van der Waals surface area contributed by atoms with E-state index in [4.69, 9.17) is 33.2 Å². The largest absolute Gasteiger partial charge is 0.493 e. The second-order valence-electron chi connectivity index (χ2n) is 7.09. The quantitative estimate of drug-likeness (QED) is 0.491. The number of carbonyl (C=O) groups excluding carboxylic acids is 1. The molecule has 0 N–H and O–H groups in total. The number of carbonyl (C=O) groups is 1. The van der Waals surface area contributed by atoms with Crippen LogP contribution >= 0.6 is 0 Å². The molecule has 1 fully saturated rings. The maximum atomic E-state index is 12.5. The average molecular weight is 428 g/mol. The predicted molar refractivity (Wildman–Crippen MR) is 111 cm³/mol. The van der Waals surface area contributed by atoms with Crippen molar-refractivity contribution >= 4 is 12.0 Å². The van der Waals surface area contributed by atoms with Crippen LogP contribution in [0.4, 0.5) is 0 Å². The first kappa shape index (κ1) is 20.7. The van der Waals surface area contributed by atoms with Gasteiger partial charge in [-0.25, -0.2) is 4.79 Å². The number of cyclic esters (lactones) is 1. The van der Waals surface area contributed by atoms with Crippen molar-refractivity contribution in [1.82, 2.24) is 0 Å². The molecule has 0 amide bonds. The molecule has 0 radical (unpaired) electrons. The van der Waals surface area contributed by atoms with Crippen LogP contribution in [-0.2, 0) is 16.0 Å². The highest BCUT2D eigenvalue weighted by atomic mass is 16.7. The first-order valence-electron chi connectivity index (χ1n) is 9.73. The van der Waals surface area contributed by atoms with Crippen LogP contribution in [0.15, 0.2) is 29.8 Å². The Morgan fingerprint density at radius 3 is 2.26 bits per heavy atom. The molecule has 4 rings (SSSR count). The molecule has 0 bridgehead atoms. The van der Waals surface area contributed by atoms with Crippen molar-refractivity contribution < 1.29 is 38.0 Å². The van der Waals surface area contributed by atoms with E-state index in [-0.39, 0.29) is 18.7 Å². The minimum absolute atomic E-state index is 0.133. The molecule has 2 aromatic rings. The number of hydrogen-bond acceptors (Lipinski definition) is 8. The molecule has 0 spiro atoms. The smallest absolute Gasteiger partial charge is 0.334 e. The Hall–Kier alpha value is -3.55. The predicted octanol–water partition coefficient (Wildman–Crippen LogP) is 3.25. The van der Waals surface area contributed by atoms with E-state index in [0.717, 1.165) is 11.1 Å². The molecule has 1 atom stereocenters. The van der Waals surface area contributed by atoms with Crippen molar-refractivity contribution in [3.8, 4) is 34.5 Å². The molecule has 8 heteroatoms. The van der Waals surface area contributed by atoms with Crippen molar-refractivity contribution in [3.63, 3.8) is 0 Å². The number of rotatable bonds is 7. The molecule has 0 saturated carbocycles. The summed E-state index contributed by atoms with van der Waals surface area (Å²) < 4.78 is 37.9. The summed E-state index contributed by atoms with van der Waals surface area (Å²) >= 11 is 0. The normalized spacial score (nSPS) is 18.1. The topological polar surface area (TPSA) is 81.7 Å². The summed E-state index contributed by atoms with van der Waals surface area (Å²) in [6.45, 7) is 0.431. The van der Waals surface area contributed by atoms with Crippen LogP contribution in [-0.4, -0.2) is 47.8 Å². The van der Waals surface area contributed by atoms with Gasteiger partial charge in [-0.05, 0) is 47.9 Å². The van der Waals surface area contributed by atoms with Crippen molar-refractivity contribution in [1.29, 1.82) is 0 Å². The molecule has 0 unspecified atom stereocenters. The maximum Gasteiger partial charge on any atom is 0.334 e. The fourth-order valence-electron chi connectivity index (χ4n) is 3.81. The van der Waals surface area contributed by atoms with Gasteiger partial charge in [-0.15, -0.1) is 0 Å². The molecular weight excluding hydrogens is 404 g/mol. The fourth-order valence-corrected chi connectivity index (χ4v) is 3.81. The lowest BCUT2D eigenvalue weighted by Gasteiger charge is -2.15. The molecule has 164 valence electrons. The SMILES string of the molecule is COc1cc(C[C@H]2COC(=O)/C2=C/c2cc(OC)c3c(c2)OCO3)cc(OC)c1OC. The minimum Gasteiger partial charge on any atom is -0.493 e. The molecule has 8 nitrogen and oxygen atoms in total. The highest BCUT2D eigenvalue weighted by Gasteiger charge is 2.31. The Bertz CT molecular complexity index is 1000. The van der Waals surface area contributed by atoms with E-state index < -0.39 is 0 Å². The molecule has 31 heavy (non-hydrogen) atoms. The van der Waals surface area contributed by atoms with Crippen LogP contribution < -0.4 is 28.4 Å². The molecule has 2 aliphatic heterocycles. The molecule has 2 aliphatic rings. The number of ether oxygens (including phenoxy) is 7. The highest BCUT2D eigenvalue weighted by molar-refractivity contribution is 5.96. The number of methoxy groups -OCH3 is 4. The van der Waals surface area contributed by atoms with Gasteiger partial charge in [-0.2, -0.15) is 0 Å². The van der Waals surface area contributed by atoms with Crippen molar-refractivity contribution in [2.24, 2.45) is 5.92 Å². The first-order valence-corrected chi connectivity index (χ1v) is 9.73. The molecule has 0 aliphatic carbocycles. The van der Waals surface area contributed by atoms with Crippen molar-refractivity contribution in [3.05, 3.63) is 41.0 Å². The second-order valence-corrected chi connectivity index (χ2v) is 7.09. The second kappa shape index (κ2) is 8.67. The maximum absolute atomic E-state index is 12.5. The lowest BCUT2D eigenvalue weighted by atomic mass is 9.92. The van der Waals surface area contributed by atoms with Gasteiger partial charge in [0.15, 0.2) is 23.0 Å². The Morgan fingerprint density at radius 1 is 0.903 bits per heavy atom. The molecule has 2 heterocycles. The minimum atomic E-state index is -0.339. The van der Waals surface area contributed by atoms with Gasteiger partial charge in [0.25, 0.3) is 0 Å². The zero-order valence-corrected chi connectivity index (χ0v) is 17.9. The average Bonchev–Trinajstić information content (AvgIpc) is 3.39. The molecule has 0 aromatic heterocycles. The standard InChI is InChI=1S/C23H24O8/c1-25-17-7-13(8-18(26-2)21(17)28-4)5-15-11-29-23(24)16(15)6-14-9-19(27-3)22-20(10-14)30-12-31-22/h6-10,15H,5,11-12H2,1-4H3/b16-6+/t15-/m0/s1. The van der Waals surface area contributed by atoms with Crippen molar-refractivity contribution in [2.75, 3.05) is 41.8 Å². The van der Waals surface area contributed by atoms with Gasteiger partial charge >= 0.3 is 5.97 Å². The summed E-state index contributed by atoms with van der Waals surface area (Å²) in [6, 6.07) is 7.39. The van der Waals surface area contributed by atoms with Gasteiger partial charge in [0.05, 0.1) is 35.0 Å². The van der Waals surface area contributed by atoms with E-state index in [1.165, 1.54) is 0 Å². The Labute approximate surface area is 180 Å². The third-order valence-electron chi connectivity index (χ3n) is 5.30. The van der Waals surface area contributed by atoms with Crippen LogP contribution in [0.2, 0.25) is 0 Å². The number of hydrogen-bond donors (Lipinski definition) is 0. The van der Waals surface area contributed by atoms with E-state index in [0.29, 0.717) is 53.1 Å². The van der Waals surface area contributed by atoms with Crippen molar-refractivity contribution in [2.45, 2.75) is 6.42 Å². The third-order valence-corrected chi connectivity index (χ3v) is 5.30. The van der Waals surface area contributed by atoms with Gasteiger partial charge in [-0.1, -0.05) is 0 Å². The zero-order chi connectivity index (χ0) is 22.0. The number of esters is 1. The van der Waals surface area contributed by atoms with Crippen LogP contribution in [0, 0.1) is 5.92 Å². The van der Waals surface area contributed by atoms with Gasteiger partial charge in [0, 0.05) is 11.5 Å². The summed E-state index contributed by atoms with van der Waals surface area (Å²) in [4.78, 5) is 12.5. The van der Waals surface area contributed by atoms with E-state index in [1.807, 2.05) is 30.3 Å². The summed E-state index contributed by atoms with van der Waals surface area (Å²) in [7, 11) is 6.26. The van der Waals surface area contributed by atoms with Gasteiger partial charge in [-0.3, -0.25) is 0 Å². The zero-order valence-electron chi connectivity index (χ0n) is 17.9. The highest BCUT2D eigenvalue weighted by Crippen LogP contribution is 2.43. The monoisotopic (exact) mass is 428 g/mol. The lowest BCUT2D eigenvalue weighted by Crippen LogP contribution is -2.08.